The molecule has 2 aliphatic rings. The fourth-order valence-electron chi connectivity index (χ4n) is 2.76. The highest BCUT2D eigenvalue weighted by atomic mass is 16.2. The summed E-state index contributed by atoms with van der Waals surface area (Å²) < 4.78 is 0. The molecule has 0 aromatic carbocycles. The summed E-state index contributed by atoms with van der Waals surface area (Å²) in [5, 5.41) is 3.32. The summed E-state index contributed by atoms with van der Waals surface area (Å²) in [5.41, 5.74) is 0.425. The molecule has 1 amide bonds. The lowest BCUT2D eigenvalue weighted by Gasteiger charge is -2.32. The van der Waals surface area contributed by atoms with Gasteiger partial charge in [-0.3, -0.25) is 10.1 Å². The van der Waals surface area contributed by atoms with Gasteiger partial charge in [0.15, 0.2) is 0 Å². The third-order valence-electron chi connectivity index (χ3n) is 4.35. The average molecular weight is 224 g/mol. The smallest absolute Gasteiger partial charge is 0.237 e. The van der Waals surface area contributed by atoms with E-state index >= 15 is 0 Å². The van der Waals surface area contributed by atoms with Gasteiger partial charge in [-0.2, -0.15) is 0 Å². The van der Waals surface area contributed by atoms with Gasteiger partial charge in [0.2, 0.25) is 5.91 Å². The molecule has 0 radical (unpaired) electrons. The first-order valence-electron chi connectivity index (χ1n) is 6.49. The predicted molar refractivity (Wildman–Crippen MR) is 64.8 cm³/mol. The minimum Gasteiger partial charge on any atom is -0.325 e. The third-order valence-corrected chi connectivity index (χ3v) is 4.35. The molecule has 1 aliphatic carbocycles. The molecule has 0 spiro atoms. The monoisotopic (exact) mass is 224 g/mol. The normalized spacial score (nSPS) is 28.2. The summed E-state index contributed by atoms with van der Waals surface area (Å²) >= 11 is 0. The number of nitrogens with zero attached hydrogens (tertiary/aromatic N) is 1. The zero-order valence-electron chi connectivity index (χ0n) is 10.9. The Morgan fingerprint density at radius 2 is 2.00 bits per heavy atom. The quantitative estimate of drug-likeness (QED) is 0.790. The molecule has 1 N–H and O–H groups in total. The maximum Gasteiger partial charge on any atom is 0.237 e. The van der Waals surface area contributed by atoms with Crippen molar-refractivity contribution in [3.63, 3.8) is 0 Å². The first-order chi connectivity index (χ1) is 7.46. The van der Waals surface area contributed by atoms with Crippen LogP contribution in [0.1, 0.15) is 40.5 Å². The number of rotatable bonds is 4. The van der Waals surface area contributed by atoms with Gasteiger partial charge in [0.25, 0.3) is 0 Å². The molecule has 1 unspecified atom stereocenters. The van der Waals surface area contributed by atoms with Gasteiger partial charge < -0.3 is 4.90 Å². The molecule has 0 aromatic rings. The van der Waals surface area contributed by atoms with Crippen LogP contribution in [0, 0.1) is 17.3 Å². The lowest BCUT2D eigenvalue weighted by Crippen LogP contribution is -2.45. The van der Waals surface area contributed by atoms with Crippen LogP contribution in [0.25, 0.3) is 0 Å². The van der Waals surface area contributed by atoms with Crippen molar-refractivity contribution >= 4 is 5.91 Å². The minimum absolute atomic E-state index is 0.253. The summed E-state index contributed by atoms with van der Waals surface area (Å²) in [5.74, 6) is 1.47. The molecule has 3 nitrogen and oxygen atoms in total. The topological polar surface area (TPSA) is 32.3 Å². The molecule has 16 heavy (non-hydrogen) atoms. The van der Waals surface area contributed by atoms with Crippen LogP contribution >= 0.6 is 0 Å². The largest absolute Gasteiger partial charge is 0.325 e. The van der Waals surface area contributed by atoms with Crippen molar-refractivity contribution in [3.8, 4) is 0 Å². The fourth-order valence-corrected chi connectivity index (χ4v) is 2.76. The van der Waals surface area contributed by atoms with Crippen LogP contribution in [0.4, 0.5) is 0 Å². The van der Waals surface area contributed by atoms with Gasteiger partial charge in [0.1, 0.15) is 0 Å². The van der Waals surface area contributed by atoms with E-state index in [1.807, 2.05) is 0 Å². The maximum atomic E-state index is 11.9. The van der Waals surface area contributed by atoms with Gasteiger partial charge in [0.05, 0.1) is 12.7 Å². The second-order valence-corrected chi connectivity index (χ2v) is 6.11. The van der Waals surface area contributed by atoms with Crippen molar-refractivity contribution in [1.82, 2.24) is 10.2 Å². The molecule has 2 rings (SSSR count). The number of amides is 1. The summed E-state index contributed by atoms with van der Waals surface area (Å²) in [4.78, 5) is 14.0. The Kier molecular flexibility index (Phi) is 2.99. The Morgan fingerprint density at radius 3 is 2.44 bits per heavy atom. The molecule has 2 fully saturated rings. The first kappa shape index (κ1) is 11.9. The van der Waals surface area contributed by atoms with Gasteiger partial charge in [-0.1, -0.05) is 27.7 Å². The zero-order chi connectivity index (χ0) is 11.9. The number of carbonyl (C=O) groups is 1. The molecule has 1 saturated carbocycles. The standard InChI is InChI=1S/C13H24N2O/c1-9(2)12-14-7-11(16)15(12)8-13(5-6-13)10(3)4/h9-10,12,14H,5-8H2,1-4H3. The molecule has 1 heterocycles. The Hall–Kier alpha value is -0.570. The van der Waals surface area contributed by atoms with Crippen LogP contribution in [-0.4, -0.2) is 30.1 Å². The van der Waals surface area contributed by atoms with Gasteiger partial charge in [0, 0.05) is 6.54 Å². The Morgan fingerprint density at radius 1 is 1.38 bits per heavy atom. The molecule has 1 atom stereocenters. The van der Waals surface area contributed by atoms with Crippen molar-refractivity contribution < 1.29 is 4.79 Å². The molecule has 1 aliphatic heterocycles. The van der Waals surface area contributed by atoms with E-state index in [2.05, 4.69) is 37.9 Å². The van der Waals surface area contributed by atoms with Crippen molar-refractivity contribution in [1.29, 1.82) is 0 Å². The summed E-state index contributed by atoms with van der Waals surface area (Å²) in [6, 6.07) is 0. The van der Waals surface area contributed by atoms with E-state index in [-0.39, 0.29) is 12.1 Å². The maximum absolute atomic E-state index is 11.9. The highest BCUT2D eigenvalue weighted by Gasteiger charge is 2.49. The zero-order valence-corrected chi connectivity index (χ0v) is 10.9. The van der Waals surface area contributed by atoms with E-state index in [4.69, 9.17) is 0 Å². The fraction of sp³-hybridized carbons (Fsp3) is 0.923. The van der Waals surface area contributed by atoms with Crippen LogP contribution in [0.5, 0.6) is 0 Å². The predicted octanol–water partition coefficient (Wildman–Crippen LogP) is 1.84. The lowest BCUT2D eigenvalue weighted by molar-refractivity contribution is -0.129. The molecule has 0 aromatic heterocycles. The van der Waals surface area contributed by atoms with Crippen LogP contribution in [0.15, 0.2) is 0 Å². The van der Waals surface area contributed by atoms with E-state index in [1.54, 1.807) is 0 Å². The molecular weight excluding hydrogens is 200 g/mol. The highest BCUT2D eigenvalue weighted by Crippen LogP contribution is 2.52. The van der Waals surface area contributed by atoms with Crippen LogP contribution < -0.4 is 5.32 Å². The summed E-state index contributed by atoms with van der Waals surface area (Å²) in [6.07, 6.45) is 2.84. The lowest BCUT2D eigenvalue weighted by atomic mass is 9.91. The van der Waals surface area contributed by atoms with Gasteiger partial charge in [-0.05, 0) is 30.1 Å². The summed E-state index contributed by atoms with van der Waals surface area (Å²) in [6.45, 7) is 10.4. The first-order valence-corrected chi connectivity index (χ1v) is 6.49. The Bertz CT molecular complexity index is 282. The number of nitrogens with one attached hydrogen (secondary N) is 1. The Labute approximate surface area is 98.6 Å². The van der Waals surface area contributed by atoms with Crippen molar-refractivity contribution in [2.75, 3.05) is 13.1 Å². The molecule has 3 heteroatoms. The Balaban J connectivity index is 2.05. The SMILES string of the molecule is CC(C)C1NCC(=O)N1CC1(C(C)C)CC1. The second-order valence-electron chi connectivity index (χ2n) is 6.11. The van der Waals surface area contributed by atoms with E-state index in [0.717, 1.165) is 6.54 Å². The number of hydrogen-bond acceptors (Lipinski definition) is 2. The van der Waals surface area contributed by atoms with Gasteiger partial charge in [-0.15, -0.1) is 0 Å². The highest BCUT2D eigenvalue weighted by molar-refractivity contribution is 5.80. The molecule has 92 valence electrons. The van der Waals surface area contributed by atoms with E-state index < -0.39 is 0 Å². The van der Waals surface area contributed by atoms with E-state index in [1.165, 1.54) is 12.8 Å². The van der Waals surface area contributed by atoms with Crippen molar-refractivity contribution in [2.45, 2.75) is 46.7 Å². The van der Waals surface area contributed by atoms with Crippen molar-refractivity contribution in [3.05, 3.63) is 0 Å². The van der Waals surface area contributed by atoms with Gasteiger partial charge >= 0.3 is 0 Å². The second kappa shape index (κ2) is 4.02. The molecule has 1 saturated heterocycles. The van der Waals surface area contributed by atoms with Crippen molar-refractivity contribution in [2.24, 2.45) is 17.3 Å². The van der Waals surface area contributed by atoms with Gasteiger partial charge in [-0.25, -0.2) is 0 Å². The third kappa shape index (κ3) is 1.97. The van der Waals surface area contributed by atoms with E-state index in [0.29, 0.717) is 23.8 Å². The minimum atomic E-state index is 0.253. The molecule has 0 bridgehead atoms. The number of carbonyl (C=O) groups excluding carboxylic acids is 1. The number of hydrogen-bond donors (Lipinski definition) is 1. The molecular formula is C13H24N2O. The summed E-state index contributed by atoms with van der Waals surface area (Å²) in [7, 11) is 0. The van der Waals surface area contributed by atoms with Crippen LogP contribution in [0.2, 0.25) is 0 Å². The average Bonchev–Trinajstić information content (AvgIpc) is 2.88. The van der Waals surface area contributed by atoms with Crippen LogP contribution in [-0.2, 0) is 4.79 Å². The van der Waals surface area contributed by atoms with E-state index in [9.17, 15) is 4.79 Å². The van der Waals surface area contributed by atoms with Crippen LogP contribution in [0.3, 0.4) is 0 Å².